The second kappa shape index (κ2) is 8.54. The minimum absolute atomic E-state index is 0.106. The Balaban J connectivity index is 1.90. The third-order valence-corrected chi connectivity index (χ3v) is 6.32. The number of rotatable bonds is 5. The van der Waals surface area contributed by atoms with Crippen molar-refractivity contribution in [2.75, 3.05) is 6.61 Å². The van der Waals surface area contributed by atoms with Gasteiger partial charge in [-0.25, -0.2) is 22.0 Å². The van der Waals surface area contributed by atoms with Crippen LogP contribution < -0.4 is 4.74 Å². The van der Waals surface area contributed by atoms with Gasteiger partial charge in [0.15, 0.2) is 11.6 Å². The van der Waals surface area contributed by atoms with Crippen molar-refractivity contribution in [1.82, 2.24) is 0 Å². The molecule has 0 saturated heterocycles. The van der Waals surface area contributed by atoms with E-state index in [1.165, 1.54) is 0 Å². The van der Waals surface area contributed by atoms with E-state index < -0.39 is 78.4 Å². The van der Waals surface area contributed by atoms with E-state index in [9.17, 15) is 17.6 Å². The molecule has 0 bridgehead atoms. The zero-order valence-corrected chi connectivity index (χ0v) is 16.0. The fourth-order valence-electron chi connectivity index (χ4n) is 5.04. The van der Waals surface area contributed by atoms with Crippen molar-refractivity contribution in [3.63, 3.8) is 0 Å². The normalized spacial score (nSPS) is 38.1. The first-order chi connectivity index (χ1) is 13.3. The smallest absolute Gasteiger partial charge is 0.200 e. The van der Waals surface area contributed by atoms with Gasteiger partial charge in [-0.2, -0.15) is 4.39 Å². The van der Waals surface area contributed by atoms with Gasteiger partial charge >= 0.3 is 0 Å². The van der Waals surface area contributed by atoms with Gasteiger partial charge in [0.05, 0.1) is 6.61 Å². The van der Waals surface area contributed by atoms with Crippen molar-refractivity contribution in [3.8, 4) is 5.75 Å². The molecule has 1 aromatic carbocycles. The lowest BCUT2D eigenvalue weighted by Gasteiger charge is -2.25. The average Bonchev–Trinajstić information content (AvgIpc) is 2.79. The minimum Gasteiger partial charge on any atom is -0.491 e. The first kappa shape index (κ1) is 21.3. The minimum atomic E-state index is -1.93. The molecular formula is C21H26F6O. The highest BCUT2D eigenvalue weighted by Crippen LogP contribution is 2.52. The van der Waals surface area contributed by atoms with Crippen LogP contribution in [0.25, 0.3) is 0 Å². The molecule has 2 saturated carbocycles. The van der Waals surface area contributed by atoms with Crippen LogP contribution in [-0.2, 0) is 0 Å². The number of hydrogen-bond donors (Lipinski definition) is 0. The van der Waals surface area contributed by atoms with Crippen LogP contribution in [-0.4, -0.2) is 31.3 Å². The highest BCUT2D eigenvalue weighted by atomic mass is 19.2. The first-order valence-electron chi connectivity index (χ1n) is 9.98. The molecule has 1 nitrogen and oxygen atoms in total. The highest BCUT2D eigenvalue weighted by molar-refractivity contribution is 5.34. The second-order valence-electron chi connectivity index (χ2n) is 7.91. The van der Waals surface area contributed by atoms with E-state index in [-0.39, 0.29) is 12.4 Å². The lowest BCUT2D eigenvalue weighted by molar-refractivity contribution is 0.122. The number of fused-ring (bicyclic) bond motifs is 1. The maximum Gasteiger partial charge on any atom is 0.200 e. The molecule has 158 valence electrons. The van der Waals surface area contributed by atoms with E-state index in [0.29, 0.717) is 12.8 Å². The Kier molecular flexibility index (Phi) is 6.50. The zero-order chi connectivity index (χ0) is 20.6. The lowest BCUT2D eigenvalue weighted by atomic mass is 9.86. The predicted molar refractivity (Wildman–Crippen MR) is 94.5 cm³/mol. The van der Waals surface area contributed by atoms with Gasteiger partial charge in [0.2, 0.25) is 5.82 Å². The molecule has 6 atom stereocenters. The molecule has 0 aromatic heterocycles. The zero-order valence-electron chi connectivity index (χ0n) is 16.0. The van der Waals surface area contributed by atoms with Crippen molar-refractivity contribution < 1.29 is 31.1 Å². The topological polar surface area (TPSA) is 9.23 Å². The van der Waals surface area contributed by atoms with E-state index in [1.807, 2.05) is 6.92 Å². The number of ether oxygens (including phenoxy) is 1. The van der Waals surface area contributed by atoms with Gasteiger partial charge in [0.1, 0.15) is 24.7 Å². The maximum absolute atomic E-state index is 15.0. The van der Waals surface area contributed by atoms with Crippen LogP contribution in [0.15, 0.2) is 12.1 Å². The molecule has 0 radical (unpaired) electrons. The van der Waals surface area contributed by atoms with Crippen LogP contribution in [0.2, 0.25) is 0 Å². The summed E-state index contributed by atoms with van der Waals surface area (Å²) in [5, 5.41) is 0. The van der Waals surface area contributed by atoms with E-state index in [0.717, 1.165) is 12.1 Å². The summed E-state index contributed by atoms with van der Waals surface area (Å²) >= 11 is 0. The molecule has 0 heterocycles. The quantitative estimate of drug-likeness (QED) is 0.523. The van der Waals surface area contributed by atoms with Gasteiger partial charge in [-0.15, -0.1) is 0 Å². The summed E-state index contributed by atoms with van der Waals surface area (Å²) in [6.45, 7) is 3.51. The molecule has 6 unspecified atom stereocenters. The summed E-state index contributed by atoms with van der Waals surface area (Å²) in [7, 11) is 0. The van der Waals surface area contributed by atoms with Crippen LogP contribution >= 0.6 is 0 Å². The molecule has 7 heteroatoms. The Labute approximate surface area is 161 Å². The molecule has 28 heavy (non-hydrogen) atoms. The van der Waals surface area contributed by atoms with Crippen molar-refractivity contribution in [3.05, 3.63) is 29.3 Å². The van der Waals surface area contributed by atoms with Gasteiger partial charge in [-0.05, 0) is 44.1 Å². The Morgan fingerprint density at radius 1 is 0.893 bits per heavy atom. The SMILES string of the molecule is CCCC1C(F)C2CC(F)C(c3ccc(OCC)c(F)c3F)C(F)CC2C1F. The third kappa shape index (κ3) is 3.61. The summed E-state index contributed by atoms with van der Waals surface area (Å²) in [5.74, 6) is -7.35. The predicted octanol–water partition coefficient (Wildman–Crippen LogP) is 6.26. The molecule has 0 amide bonds. The molecular weight excluding hydrogens is 382 g/mol. The fraction of sp³-hybridized carbons (Fsp3) is 0.714. The third-order valence-electron chi connectivity index (χ3n) is 6.32. The summed E-state index contributed by atoms with van der Waals surface area (Å²) in [6, 6.07) is 2.24. The summed E-state index contributed by atoms with van der Waals surface area (Å²) in [5.41, 5.74) is -0.447. The number of halogens is 6. The van der Waals surface area contributed by atoms with Gasteiger partial charge in [0, 0.05) is 17.4 Å². The van der Waals surface area contributed by atoms with Crippen LogP contribution in [0.4, 0.5) is 26.3 Å². The van der Waals surface area contributed by atoms with Crippen molar-refractivity contribution in [2.24, 2.45) is 17.8 Å². The van der Waals surface area contributed by atoms with E-state index >= 15 is 8.78 Å². The van der Waals surface area contributed by atoms with E-state index in [2.05, 4.69) is 0 Å². The van der Waals surface area contributed by atoms with E-state index in [1.54, 1.807) is 6.92 Å². The lowest BCUT2D eigenvalue weighted by Crippen LogP contribution is -2.27. The molecule has 2 fully saturated rings. The van der Waals surface area contributed by atoms with Crippen LogP contribution in [0, 0.1) is 29.4 Å². The molecule has 2 aliphatic carbocycles. The number of benzene rings is 1. The molecule has 2 aliphatic rings. The highest BCUT2D eigenvalue weighted by Gasteiger charge is 2.55. The van der Waals surface area contributed by atoms with Gasteiger partial charge < -0.3 is 4.74 Å². The summed E-state index contributed by atoms with van der Waals surface area (Å²) in [6.07, 6.45) is -6.84. The Morgan fingerprint density at radius 2 is 1.46 bits per heavy atom. The summed E-state index contributed by atoms with van der Waals surface area (Å²) < 4.78 is 93.2. The first-order valence-corrected chi connectivity index (χ1v) is 9.98. The van der Waals surface area contributed by atoms with Crippen molar-refractivity contribution in [1.29, 1.82) is 0 Å². The maximum atomic E-state index is 15.0. The molecule has 0 N–H and O–H groups in total. The van der Waals surface area contributed by atoms with Gasteiger partial charge in [0.25, 0.3) is 0 Å². The Morgan fingerprint density at radius 3 is 1.96 bits per heavy atom. The van der Waals surface area contributed by atoms with Gasteiger partial charge in [-0.1, -0.05) is 19.4 Å². The molecule has 1 aromatic rings. The number of hydrogen-bond acceptors (Lipinski definition) is 1. The monoisotopic (exact) mass is 408 g/mol. The van der Waals surface area contributed by atoms with Crippen molar-refractivity contribution in [2.45, 2.75) is 70.1 Å². The van der Waals surface area contributed by atoms with Crippen molar-refractivity contribution >= 4 is 0 Å². The Bertz CT molecular complexity index is 659. The van der Waals surface area contributed by atoms with E-state index in [4.69, 9.17) is 4.74 Å². The van der Waals surface area contributed by atoms with Crippen LogP contribution in [0.1, 0.15) is 51.0 Å². The average molecular weight is 408 g/mol. The number of alkyl halides is 4. The molecule has 0 aliphatic heterocycles. The van der Waals surface area contributed by atoms with Crippen LogP contribution in [0.5, 0.6) is 5.75 Å². The fourth-order valence-corrected chi connectivity index (χ4v) is 5.04. The largest absolute Gasteiger partial charge is 0.491 e. The second-order valence-corrected chi connectivity index (χ2v) is 7.91. The summed E-state index contributed by atoms with van der Waals surface area (Å²) in [4.78, 5) is 0. The standard InChI is InChI=1S/C21H26F6O/c1-3-5-11-18(24)12-8-14(22)17(15(23)9-13(12)19(11)25)10-6-7-16(28-4-2)21(27)20(10)26/h6-7,11-15,17-19H,3-5,8-9H2,1-2H3. The molecule has 3 rings (SSSR count). The Hall–Kier alpha value is -1.40. The van der Waals surface area contributed by atoms with Crippen LogP contribution in [0.3, 0.4) is 0 Å². The van der Waals surface area contributed by atoms with Gasteiger partial charge in [-0.3, -0.25) is 0 Å². The molecule has 0 spiro atoms.